The van der Waals surface area contributed by atoms with Gasteiger partial charge in [-0.1, -0.05) is 29.8 Å². The predicted octanol–water partition coefficient (Wildman–Crippen LogP) is 0.511. The first-order valence-electron chi connectivity index (χ1n) is 3.34. The third kappa shape index (κ3) is 2.88. The molecule has 0 radical (unpaired) electrons. The third-order valence-electron chi connectivity index (χ3n) is 1.49. The molecule has 0 saturated heterocycles. The van der Waals surface area contributed by atoms with Crippen LogP contribution in [0.5, 0.6) is 0 Å². The van der Waals surface area contributed by atoms with E-state index in [-0.39, 0.29) is 12.4 Å². The molecular formula is C8H8Cl2NO2-. The average Bonchev–Trinajstić information content (AvgIpc) is 2.04. The van der Waals surface area contributed by atoms with Crippen molar-refractivity contribution in [1.82, 2.24) is 0 Å². The molecule has 1 unspecified atom stereocenters. The van der Waals surface area contributed by atoms with Crippen LogP contribution in [0.4, 0.5) is 0 Å². The van der Waals surface area contributed by atoms with Crippen LogP contribution in [-0.4, -0.2) is 5.97 Å². The van der Waals surface area contributed by atoms with Gasteiger partial charge < -0.3 is 15.6 Å². The Morgan fingerprint density at radius 3 is 2.46 bits per heavy atom. The lowest BCUT2D eigenvalue weighted by Crippen LogP contribution is -2.34. The summed E-state index contributed by atoms with van der Waals surface area (Å²) in [5, 5.41) is 10.7. The highest BCUT2D eigenvalue weighted by atomic mass is 35.5. The van der Waals surface area contributed by atoms with Crippen LogP contribution in [0.25, 0.3) is 0 Å². The van der Waals surface area contributed by atoms with Crippen molar-refractivity contribution in [2.45, 2.75) is 6.04 Å². The quantitative estimate of drug-likeness (QED) is 0.791. The van der Waals surface area contributed by atoms with E-state index in [4.69, 9.17) is 17.3 Å². The minimum absolute atomic E-state index is 0. The lowest BCUT2D eigenvalue weighted by molar-refractivity contribution is -0.307. The Hall–Kier alpha value is -0.770. The maximum absolute atomic E-state index is 10.4. The minimum atomic E-state index is -1.33. The van der Waals surface area contributed by atoms with Gasteiger partial charge >= 0.3 is 0 Å². The predicted molar refractivity (Wildman–Crippen MR) is 50.6 cm³/mol. The number of carboxylic acids is 1. The molecule has 0 spiro atoms. The van der Waals surface area contributed by atoms with Crippen LogP contribution < -0.4 is 10.8 Å². The molecule has 0 saturated carbocycles. The first kappa shape index (κ1) is 12.2. The van der Waals surface area contributed by atoms with Crippen molar-refractivity contribution >= 4 is 30.0 Å². The molecule has 2 N–H and O–H groups in total. The second-order valence-corrected chi connectivity index (χ2v) is 2.73. The van der Waals surface area contributed by atoms with Gasteiger partial charge in [0.1, 0.15) is 0 Å². The number of hydrogen-bond acceptors (Lipinski definition) is 3. The fourth-order valence-electron chi connectivity index (χ4n) is 0.854. The van der Waals surface area contributed by atoms with Crippen molar-refractivity contribution in [2.75, 3.05) is 0 Å². The molecule has 72 valence electrons. The van der Waals surface area contributed by atoms with Gasteiger partial charge in [-0.05, 0) is 11.6 Å². The van der Waals surface area contributed by atoms with E-state index in [0.717, 1.165) is 0 Å². The first-order chi connectivity index (χ1) is 5.63. The van der Waals surface area contributed by atoms with Gasteiger partial charge in [-0.3, -0.25) is 0 Å². The van der Waals surface area contributed by atoms with Crippen molar-refractivity contribution in [3.05, 3.63) is 34.9 Å². The van der Waals surface area contributed by atoms with Crippen LogP contribution in [0.15, 0.2) is 24.3 Å². The molecule has 0 aromatic heterocycles. The molecular weight excluding hydrogens is 213 g/mol. The molecule has 0 heterocycles. The molecule has 3 nitrogen and oxygen atoms in total. The molecule has 0 amide bonds. The SMILES string of the molecule is Cl.NC(C(=O)[O-])c1ccccc1Cl. The summed E-state index contributed by atoms with van der Waals surface area (Å²) in [6.45, 7) is 0. The molecule has 1 aromatic rings. The Morgan fingerprint density at radius 1 is 1.46 bits per heavy atom. The topological polar surface area (TPSA) is 66.2 Å². The van der Waals surface area contributed by atoms with Crippen molar-refractivity contribution < 1.29 is 9.90 Å². The number of halogens is 2. The summed E-state index contributed by atoms with van der Waals surface area (Å²) in [6, 6.07) is 5.36. The van der Waals surface area contributed by atoms with E-state index in [1.165, 1.54) is 0 Å². The fourth-order valence-corrected chi connectivity index (χ4v) is 1.11. The molecule has 5 heteroatoms. The molecule has 0 bridgehead atoms. The number of rotatable bonds is 2. The van der Waals surface area contributed by atoms with E-state index in [1.54, 1.807) is 24.3 Å². The van der Waals surface area contributed by atoms with Crippen LogP contribution in [0, 0.1) is 0 Å². The van der Waals surface area contributed by atoms with Crippen LogP contribution in [0.3, 0.4) is 0 Å². The second kappa shape index (κ2) is 5.07. The summed E-state index contributed by atoms with van der Waals surface area (Å²) in [6.07, 6.45) is 0. The number of carbonyl (C=O) groups is 1. The number of aliphatic carboxylic acids is 1. The summed E-state index contributed by atoms with van der Waals surface area (Å²) in [4.78, 5) is 10.4. The van der Waals surface area contributed by atoms with Crippen molar-refractivity contribution in [3.8, 4) is 0 Å². The van der Waals surface area contributed by atoms with E-state index < -0.39 is 12.0 Å². The molecule has 0 aliphatic rings. The number of hydrogen-bond donors (Lipinski definition) is 1. The van der Waals surface area contributed by atoms with Gasteiger partial charge in [0.2, 0.25) is 0 Å². The monoisotopic (exact) mass is 220 g/mol. The summed E-state index contributed by atoms with van der Waals surface area (Å²) in [5.74, 6) is -1.33. The van der Waals surface area contributed by atoms with Crippen molar-refractivity contribution in [3.63, 3.8) is 0 Å². The third-order valence-corrected chi connectivity index (χ3v) is 1.84. The Morgan fingerprint density at radius 2 is 2.00 bits per heavy atom. The summed E-state index contributed by atoms with van der Waals surface area (Å²) >= 11 is 5.69. The largest absolute Gasteiger partial charge is 0.548 e. The summed E-state index contributed by atoms with van der Waals surface area (Å²) in [7, 11) is 0. The Kier molecular flexibility index (Phi) is 4.77. The highest BCUT2D eigenvalue weighted by molar-refractivity contribution is 6.31. The van der Waals surface area contributed by atoms with Gasteiger partial charge in [-0.15, -0.1) is 12.4 Å². The Bertz CT molecular complexity index is 304. The number of nitrogens with two attached hydrogens (primary N) is 1. The van der Waals surface area contributed by atoms with Crippen LogP contribution >= 0.6 is 24.0 Å². The van der Waals surface area contributed by atoms with Gasteiger partial charge in [0, 0.05) is 5.02 Å². The molecule has 1 atom stereocenters. The normalized spacial score (nSPS) is 11.5. The van der Waals surface area contributed by atoms with Crippen LogP contribution in [0.2, 0.25) is 5.02 Å². The minimum Gasteiger partial charge on any atom is -0.548 e. The van der Waals surface area contributed by atoms with Crippen molar-refractivity contribution in [2.24, 2.45) is 5.73 Å². The molecule has 1 aromatic carbocycles. The summed E-state index contributed by atoms with van der Waals surface area (Å²) < 4.78 is 0. The van der Waals surface area contributed by atoms with Gasteiger partial charge in [-0.25, -0.2) is 0 Å². The Balaban J connectivity index is 0.00000144. The highest BCUT2D eigenvalue weighted by Crippen LogP contribution is 2.20. The van der Waals surface area contributed by atoms with Crippen molar-refractivity contribution in [1.29, 1.82) is 0 Å². The second-order valence-electron chi connectivity index (χ2n) is 2.32. The lowest BCUT2D eigenvalue weighted by atomic mass is 10.1. The summed E-state index contributed by atoms with van der Waals surface area (Å²) in [5.41, 5.74) is 5.67. The fraction of sp³-hybridized carbons (Fsp3) is 0.125. The zero-order valence-electron chi connectivity index (χ0n) is 6.57. The molecule has 1 rings (SSSR count). The zero-order chi connectivity index (χ0) is 9.14. The number of benzene rings is 1. The molecule has 0 aliphatic heterocycles. The van der Waals surface area contributed by atoms with E-state index >= 15 is 0 Å². The molecule has 0 aliphatic carbocycles. The Labute approximate surface area is 86.9 Å². The lowest BCUT2D eigenvalue weighted by Gasteiger charge is -2.13. The zero-order valence-corrected chi connectivity index (χ0v) is 8.14. The van der Waals surface area contributed by atoms with E-state index in [0.29, 0.717) is 10.6 Å². The maximum atomic E-state index is 10.4. The molecule has 0 fully saturated rings. The highest BCUT2D eigenvalue weighted by Gasteiger charge is 2.09. The maximum Gasteiger partial charge on any atom is 0.0713 e. The van der Waals surface area contributed by atoms with Gasteiger partial charge in [0.15, 0.2) is 0 Å². The average molecular weight is 221 g/mol. The molecule has 13 heavy (non-hydrogen) atoms. The van der Waals surface area contributed by atoms with Crippen LogP contribution in [0.1, 0.15) is 11.6 Å². The van der Waals surface area contributed by atoms with Crippen LogP contribution in [-0.2, 0) is 4.79 Å². The van der Waals surface area contributed by atoms with E-state index in [2.05, 4.69) is 0 Å². The van der Waals surface area contributed by atoms with Gasteiger partial charge in [0.25, 0.3) is 0 Å². The van der Waals surface area contributed by atoms with E-state index in [1.807, 2.05) is 0 Å². The van der Waals surface area contributed by atoms with Gasteiger partial charge in [-0.2, -0.15) is 0 Å². The van der Waals surface area contributed by atoms with E-state index in [9.17, 15) is 9.90 Å². The number of carbonyl (C=O) groups excluding carboxylic acids is 1. The van der Waals surface area contributed by atoms with Gasteiger partial charge in [0.05, 0.1) is 12.0 Å². The smallest absolute Gasteiger partial charge is 0.0713 e. The standard InChI is InChI=1S/C8H8ClNO2.ClH/c9-6-4-2-1-3-5(6)7(10)8(11)12;/h1-4,7H,10H2,(H,11,12);1H/p-1. The number of carboxylic acid groups (broad SMARTS) is 1. The first-order valence-corrected chi connectivity index (χ1v) is 3.71.